The fourth-order valence-corrected chi connectivity index (χ4v) is 3.37. The first-order valence-corrected chi connectivity index (χ1v) is 8.30. The van der Waals surface area contributed by atoms with Crippen molar-refractivity contribution in [2.24, 2.45) is 0 Å². The molecule has 122 valence electrons. The lowest BCUT2D eigenvalue weighted by Crippen LogP contribution is -2.34. The van der Waals surface area contributed by atoms with Crippen LogP contribution in [-0.2, 0) is 4.79 Å². The third-order valence-electron chi connectivity index (χ3n) is 4.26. The number of aliphatic hydroxyl groups is 1. The maximum absolute atomic E-state index is 12.5. The Labute approximate surface area is 140 Å². The van der Waals surface area contributed by atoms with Gasteiger partial charge >= 0.3 is 0 Å². The summed E-state index contributed by atoms with van der Waals surface area (Å²) in [6.07, 6.45) is 8.79. The zero-order valence-corrected chi connectivity index (χ0v) is 13.6. The quantitative estimate of drug-likeness (QED) is 0.856. The van der Waals surface area contributed by atoms with Gasteiger partial charge in [0.15, 0.2) is 5.15 Å². The Hall–Kier alpha value is -1.85. The molecule has 1 N–H and O–H groups in total. The van der Waals surface area contributed by atoms with Gasteiger partial charge in [-0.3, -0.25) is 9.20 Å². The van der Waals surface area contributed by atoms with Gasteiger partial charge in [-0.25, -0.2) is 4.98 Å². The molecule has 23 heavy (non-hydrogen) atoms. The number of rotatable bonds is 5. The normalized spacial score (nSPS) is 18.3. The van der Waals surface area contributed by atoms with E-state index in [-0.39, 0.29) is 18.6 Å². The Bertz CT molecular complexity index is 726. The molecule has 3 heterocycles. The van der Waals surface area contributed by atoms with Crippen molar-refractivity contribution in [1.82, 2.24) is 14.3 Å². The fraction of sp³-hybridized carbons (Fsp3) is 0.412. The number of aliphatic hydroxyl groups excluding tert-OH is 1. The van der Waals surface area contributed by atoms with Crippen molar-refractivity contribution in [2.45, 2.75) is 31.7 Å². The van der Waals surface area contributed by atoms with Gasteiger partial charge in [-0.05, 0) is 43.9 Å². The number of fused-ring (bicyclic) bond motifs is 1. The van der Waals surface area contributed by atoms with Crippen molar-refractivity contribution >= 4 is 29.2 Å². The highest BCUT2D eigenvalue weighted by Gasteiger charge is 2.26. The number of aromatic nitrogens is 2. The topological polar surface area (TPSA) is 57.8 Å². The minimum absolute atomic E-state index is 0.00705. The largest absolute Gasteiger partial charge is 0.396 e. The van der Waals surface area contributed by atoms with Crippen LogP contribution >= 0.6 is 11.6 Å². The Balaban J connectivity index is 1.76. The lowest BCUT2D eigenvalue weighted by Gasteiger charge is -2.23. The molecule has 2 aromatic rings. The Morgan fingerprint density at radius 3 is 3.17 bits per heavy atom. The first kappa shape index (κ1) is 16.0. The molecule has 0 spiro atoms. The highest BCUT2D eigenvalue weighted by atomic mass is 35.5. The number of carbonyl (C=O) groups is 1. The second-order valence-electron chi connectivity index (χ2n) is 5.74. The summed E-state index contributed by atoms with van der Waals surface area (Å²) >= 11 is 6.17. The third kappa shape index (κ3) is 3.41. The molecule has 1 amide bonds. The van der Waals surface area contributed by atoms with Crippen LogP contribution in [-0.4, -0.2) is 44.5 Å². The number of nitrogens with zero attached hydrogens (tertiary/aromatic N) is 3. The summed E-state index contributed by atoms with van der Waals surface area (Å²) in [6.45, 7) is 0.950. The predicted molar refractivity (Wildman–Crippen MR) is 90.3 cm³/mol. The van der Waals surface area contributed by atoms with Crippen LogP contribution in [0, 0.1) is 0 Å². The van der Waals surface area contributed by atoms with Crippen molar-refractivity contribution in [2.75, 3.05) is 13.2 Å². The summed E-state index contributed by atoms with van der Waals surface area (Å²) in [5, 5.41) is 9.36. The number of halogens is 1. The van der Waals surface area contributed by atoms with E-state index in [2.05, 4.69) is 4.98 Å². The molecule has 1 atom stereocenters. The monoisotopic (exact) mass is 333 g/mol. The number of carbonyl (C=O) groups excluding carboxylic acids is 1. The molecule has 3 rings (SSSR count). The molecule has 0 aliphatic carbocycles. The van der Waals surface area contributed by atoms with Crippen molar-refractivity contribution in [1.29, 1.82) is 0 Å². The summed E-state index contributed by atoms with van der Waals surface area (Å²) in [5.74, 6) is -0.00705. The van der Waals surface area contributed by atoms with Gasteiger partial charge in [0.25, 0.3) is 0 Å². The fourth-order valence-electron chi connectivity index (χ4n) is 3.13. The van der Waals surface area contributed by atoms with Crippen LogP contribution in [0.2, 0.25) is 5.15 Å². The molecule has 6 heteroatoms. The number of pyridine rings is 1. The molecule has 1 fully saturated rings. The van der Waals surface area contributed by atoms with E-state index in [0.717, 1.165) is 37.9 Å². The Kier molecular flexibility index (Phi) is 4.98. The van der Waals surface area contributed by atoms with E-state index in [1.165, 1.54) is 0 Å². The van der Waals surface area contributed by atoms with E-state index in [9.17, 15) is 4.79 Å². The molecule has 1 aliphatic rings. The molecule has 0 aromatic carbocycles. The molecular weight excluding hydrogens is 314 g/mol. The average molecular weight is 334 g/mol. The smallest absolute Gasteiger partial charge is 0.246 e. The maximum Gasteiger partial charge on any atom is 0.246 e. The summed E-state index contributed by atoms with van der Waals surface area (Å²) in [6, 6.07) is 5.90. The van der Waals surface area contributed by atoms with Crippen LogP contribution in [0.4, 0.5) is 0 Å². The molecule has 1 aliphatic heterocycles. The molecule has 2 aromatic heterocycles. The SMILES string of the molecule is O=C(/C=C/c1c(Cl)nc2ccccn12)N1CCCC1CCCO. The van der Waals surface area contributed by atoms with E-state index in [0.29, 0.717) is 10.8 Å². The standard InChI is InChI=1S/C17H20ClN3O2/c18-17-14(21-10-2-1-7-15(21)19-17)8-9-16(23)20-11-3-5-13(20)6-4-12-22/h1-2,7-10,13,22H,3-6,11-12H2/b9-8+. The molecule has 0 radical (unpaired) electrons. The highest BCUT2D eigenvalue weighted by Crippen LogP contribution is 2.23. The first-order valence-electron chi connectivity index (χ1n) is 7.93. The number of hydrogen-bond acceptors (Lipinski definition) is 3. The van der Waals surface area contributed by atoms with Crippen molar-refractivity contribution in [3.05, 3.63) is 41.3 Å². The number of likely N-dealkylation sites (tertiary alicyclic amines) is 1. The highest BCUT2D eigenvalue weighted by molar-refractivity contribution is 6.31. The lowest BCUT2D eigenvalue weighted by atomic mass is 10.1. The maximum atomic E-state index is 12.5. The van der Waals surface area contributed by atoms with E-state index in [4.69, 9.17) is 16.7 Å². The lowest BCUT2D eigenvalue weighted by molar-refractivity contribution is -0.126. The number of amides is 1. The summed E-state index contributed by atoms with van der Waals surface area (Å²) < 4.78 is 1.86. The molecule has 0 saturated carbocycles. The van der Waals surface area contributed by atoms with Gasteiger partial charge in [0.2, 0.25) is 5.91 Å². The zero-order chi connectivity index (χ0) is 16.2. The van der Waals surface area contributed by atoms with Gasteiger partial charge in [0.05, 0.1) is 5.69 Å². The Morgan fingerprint density at radius 2 is 2.35 bits per heavy atom. The van der Waals surface area contributed by atoms with Crippen LogP contribution in [0.1, 0.15) is 31.4 Å². The van der Waals surface area contributed by atoms with Gasteiger partial charge in [0, 0.05) is 31.5 Å². The van der Waals surface area contributed by atoms with Crippen molar-refractivity contribution in [3.63, 3.8) is 0 Å². The molecule has 1 unspecified atom stereocenters. The summed E-state index contributed by atoms with van der Waals surface area (Å²) in [4.78, 5) is 18.6. The number of imidazole rings is 1. The van der Waals surface area contributed by atoms with Gasteiger partial charge in [-0.2, -0.15) is 0 Å². The Morgan fingerprint density at radius 1 is 1.48 bits per heavy atom. The summed E-state index contributed by atoms with van der Waals surface area (Å²) in [5.41, 5.74) is 1.47. The van der Waals surface area contributed by atoms with Crippen LogP contribution in [0.5, 0.6) is 0 Å². The number of hydrogen-bond donors (Lipinski definition) is 1. The summed E-state index contributed by atoms with van der Waals surface area (Å²) in [7, 11) is 0. The van der Waals surface area contributed by atoms with Crippen molar-refractivity contribution in [3.8, 4) is 0 Å². The molecular formula is C17H20ClN3O2. The van der Waals surface area contributed by atoms with Crippen LogP contribution in [0.25, 0.3) is 11.7 Å². The minimum Gasteiger partial charge on any atom is -0.396 e. The van der Waals surface area contributed by atoms with Gasteiger partial charge < -0.3 is 10.0 Å². The molecule has 0 bridgehead atoms. The van der Waals surface area contributed by atoms with Crippen LogP contribution in [0.3, 0.4) is 0 Å². The van der Waals surface area contributed by atoms with Crippen molar-refractivity contribution < 1.29 is 9.90 Å². The minimum atomic E-state index is -0.00705. The van der Waals surface area contributed by atoms with E-state index >= 15 is 0 Å². The second-order valence-corrected chi connectivity index (χ2v) is 6.10. The van der Waals surface area contributed by atoms with Crippen LogP contribution < -0.4 is 0 Å². The van der Waals surface area contributed by atoms with Gasteiger partial charge in [0.1, 0.15) is 5.65 Å². The zero-order valence-electron chi connectivity index (χ0n) is 12.9. The first-order chi connectivity index (χ1) is 11.2. The van der Waals surface area contributed by atoms with E-state index < -0.39 is 0 Å². The molecule has 1 saturated heterocycles. The van der Waals surface area contributed by atoms with E-state index in [1.807, 2.05) is 33.7 Å². The van der Waals surface area contributed by atoms with Crippen LogP contribution in [0.15, 0.2) is 30.5 Å². The third-order valence-corrected chi connectivity index (χ3v) is 4.54. The van der Waals surface area contributed by atoms with E-state index in [1.54, 1.807) is 12.2 Å². The molecule has 5 nitrogen and oxygen atoms in total. The van der Waals surface area contributed by atoms with Gasteiger partial charge in [-0.15, -0.1) is 0 Å². The predicted octanol–water partition coefficient (Wildman–Crippen LogP) is 2.76. The average Bonchev–Trinajstić information content (AvgIpc) is 3.14. The second kappa shape index (κ2) is 7.15. The van der Waals surface area contributed by atoms with Gasteiger partial charge in [-0.1, -0.05) is 17.7 Å².